The van der Waals surface area contributed by atoms with Gasteiger partial charge in [-0.3, -0.25) is 4.79 Å². The van der Waals surface area contributed by atoms with Crippen LogP contribution in [0.5, 0.6) is 5.75 Å². The van der Waals surface area contributed by atoms with E-state index in [1.807, 2.05) is 19.1 Å². The summed E-state index contributed by atoms with van der Waals surface area (Å²) >= 11 is 1.74. The Hall–Kier alpha value is -2.02. The Bertz CT molecular complexity index is 630. The quantitative estimate of drug-likeness (QED) is 0.803. The van der Waals surface area contributed by atoms with Gasteiger partial charge in [-0.25, -0.2) is 0 Å². The lowest BCUT2D eigenvalue weighted by Gasteiger charge is -2.08. The summed E-state index contributed by atoms with van der Waals surface area (Å²) < 4.78 is 10.9. The predicted molar refractivity (Wildman–Crippen MR) is 84.5 cm³/mol. The fraction of sp³-hybridized carbons (Fsp3) is 0.400. The molecule has 0 saturated heterocycles. The number of benzene rings is 1. The maximum Gasteiger partial charge on any atom is 0.264 e. The highest BCUT2D eigenvalue weighted by atomic mass is 32.2. The molecule has 1 atom stereocenters. The highest BCUT2D eigenvalue weighted by molar-refractivity contribution is 7.99. The van der Waals surface area contributed by atoms with E-state index in [1.165, 1.54) is 0 Å². The fourth-order valence-corrected chi connectivity index (χ4v) is 2.68. The van der Waals surface area contributed by atoms with Gasteiger partial charge in [0.15, 0.2) is 12.4 Å². The van der Waals surface area contributed by atoms with Gasteiger partial charge in [0.25, 0.3) is 5.89 Å². The summed E-state index contributed by atoms with van der Waals surface area (Å²) in [6.45, 7) is 4.28. The fourth-order valence-electron chi connectivity index (χ4n) is 1.93. The molecule has 0 aliphatic carbocycles. The molecule has 1 aromatic carbocycles. The second-order valence-corrected chi connectivity index (χ2v) is 6.30. The summed E-state index contributed by atoms with van der Waals surface area (Å²) in [7, 11) is 0. The lowest BCUT2D eigenvalue weighted by atomic mass is 10.1. The largest absolute Gasteiger partial charge is 0.483 e. The summed E-state index contributed by atoms with van der Waals surface area (Å²) in [5, 5.41) is 4.14. The van der Waals surface area contributed by atoms with Crippen molar-refractivity contribution in [3.8, 4) is 5.75 Å². The van der Waals surface area contributed by atoms with Crippen molar-refractivity contribution < 1.29 is 14.1 Å². The van der Waals surface area contributed by atoms with Gasteiger partial charge in [0.1, 0.15) is 5.75 Å². The molecule has 0 fully saturated rings. The van der Waals surface area contributed by atoms with Crippen LogP contribution in [0.25, 0.3) is 0 Å². The van der Waals surface area contributed by atoms with Crippen molar-refractivity contribution in [3.05, 3.63) is 41.5 Å². The number of rotatable bonds is 8. The van der Waals surface area contributed by atoms with Crippen LogP contribution in [0.1, 0.15) is 36.4 Å². The zero-order valence-corrected chi connectivity index (χ0v) is 13.4. The summed E-state index contributed by atoms with van der Waals surface area (Å²) in [4.78, 5) is 15.4. The van der Waals surface area contributed by atoms with Crippen molar-refractivity contribution in [2.24, 2.45) is 5.73 Å². The Balaban J connectivity index is 2.00. The third kappa shape index (κ3) is 4.49. The Morgan fingerprint density at radius 3 is 2.95 bits per heavy atom. The van der Waals surface area contributed by atoms with E-state index in [0.717, 1.165) is 11.3 Å². The molecule has 22 heavy (non-hydrogen) atoms. The normalized spacial score (nSPS) is 12.1. The maximum atomic E-state index is 11.1. The molecule has 2 N–H and O–H groups in total. The summed E-state index contributed by atoms with van der Waals surface area (Å²) in [5.74, 6) is 2.25. The van der Waals surface area contributed by atoms with Crippen LogP contribution >= 0.6 is 11.8 Å². The van der Waals surface area contributed by atoms with E-state index in [4.69, 9.17) is 15.0 Å². The van der Waals surface area contributed by atoms with Crippen LogP contribution < -0.4 is 10.5 Å². The zero-order valence-electron chi connectivity index (χ0n) is 12.6. The molecule has 1 heterocycles. The van der Waals surface area contributed by atoms with E-state index in [-0.39, 0.29) is 18.3 Å². The van der Waals surface area contributed by atoms with Gasteiger partial charge in [-0.15, -0.1) is 0 Å². The van der Waals surface area contributed by atoms with E-state index in [1.54, 1.807) is 23.9 Å². The molecule has 0 radical (unpaired) electrons. The minimum absolute atomic E-state index is 0.134. The van der Waals surface area contributed by atoms with Crippen molar-refractivity contribution >= 4 is 17.7 Å². The highest BCUT2D eigenvalue weighted by Gasteiger charge is 2.14. The number of ether oxygens (including phenoxy) is 1. The van der Waals surface area contributed by atoms with Gasteiger partial charge in [-0.05, 0) is 18.7 Å². The standard InChI is InChI=1S/C15H19N3O3S/c1-3-22-10(2)15-17-14(21-18-15)9-20-12-7-5-4-6-11(12)8-13(16)19/h4-7,10H,3,8-9H2,1-2H3,(H2,16,19). The number of nitrogens with zero attached hydrogens (tertiary/aromatic N) is 2. The Labute approximate surface area is 133 Å². The molecule has 6 nitrogen and oxygen atoms in total. The lowest BCUT2D eigenvalue weighted by molar-refractivity contribution is -0.117. The summed E-state index contributed by atoms with van der Waals surface area (Å²) in [6, 6.07) is 7.25. The minimum Gasteiger partial charge on any atom is -0.483 e. The number of aromatic nitrogens is 2. The number of primary amides is 1. The van der Waals surface area contributed by atoms with Gasteiger partial charge in [0.2, 0.25) is 5.91 Å². The van der Waals surface area contributed by atoms with Crippen LogP contribution in [0.3, 0.4) is 0 Å². The average molecular weight is 321 g/mol. The van der Waals surface area contributed by atoms with Gasteiger partial charge in [-0.2, -0.15) is 16.7 Å². The van der Waals surface area contributed by atoms with E-state index < -0.39 is 5.91 Å². The van der Waals surface area contributed by atoms with Gasteiger partial charge in [0.05, 0.1) is 11.7 Å². The van der Waals surface area contributed by atoms with Crippen LogP contribution in [-0.4, -0.2) is 21.8 Å². The van der Waals surface area contributed by atoms with Crippen LogP contribution in [0, 0.1) is 0 Å². The Morgan fingerprint density at radius 2 is 2.23 bits per heavy atom. The first-order valence-electron chi connectivity index (χ1n) is 7.03. The third-order valence-electron chi connectivity index (χ3n) is 2.95. The number of hydrogen-bond donors (Lipinski definition) is 1. The van der Waals surface area contributed by atoms with Crippen molar-refractivity contribution in [3.63, 3.8) is 0 Å². The maximum absolute atomic E-state index is 11.1. The number of nitrogens with two attached hydrogens (primary N) is 1. The number of thioether (sulfide) groups is 1. The second kappa shape index (κ2) is 7.84. The SMILES string of the molecule is CCSC(C)c1noc(COc2ccccc2CC(N)=O)n1. The van der Waals surface area contributed by atoms with Crippen LogP contribution in [0.4, 0.5) is 0 Å². The number of amides is 1. The smallest absolute Gasteiger partial charge is 0.264 e. The van der Waals surface area contributed by atoms with Gasteiger partial charge in [-0.1, -0.05) is 30.3 Å². The third-order valence-corrected chi connectivity index (χ3v) is 4.00. The van der Waals surface area contributed by atoms with Crippen LogP contribution in [0.2, 0.25) is 0 Å². The molecule has 0 aliphatic rings. The molecule has 7 heteroatoms. The van der Waals surface area contributed by atoms with E-state index >= 15 is 0 Å². The molecule has 0 saturated carbocycles. The van der Waals surface area contributed by atoms with E-state index in [0.29, 0.717) is 17.5 Å². The van der Waals surface area contributed by atoms with Crippen molar-refractivity contribution in [1.29, 1.82) is 0 Å². The monoisotopic (exact) mass is 321 g/mol. The summed E-state index contributed by atoms with van der Waals surface area (Å²) in [6.07, 6.45) is 0.134. The lowest BCUT2D eigenvalue weighted by Crippen LogP contribution is -2.14. The Kier molecular flexibility index (Phi) is 5.83. The van der Waals surface area contributed by atoms with Crippen LogP contribution in [0.15, 0.2) is 28.8 Å². The van der Waals surface area contributed by atoms with E-state index in [2.05, 4.69) is 17.1 Å². The molecule has 2 rings (SSSR count). The molecule has 118 valence electrons. The molecule has 0 spiro atoms. The molecule has 0 bridgehead atoms. The van der Waals surface area contributed by atoms with E-state index in [9.17, 15) is 4.79 Å². The van der Waals surface area contributed by atoms with Gasteiger partial charge < -0.3 is 15.0 Å². The first-order chi connectivity index (χ1) is 10.6. The number of carbonyl (C=O) groups excluding carboxylic acids is 1. The molecule has 1 amide bonds. The number of carbonyl (C=O) groups is 1. The topological polar surface area (TPSA) is 91.2 Å². The first-order valence-corrected chi connectivity index (χ1v) is 8.08. The van der Waals surface area contributed by atoms with Crippen molar-refractivity contribution in [1.82, 2.24) is 10.1 Å². The summed E-state index contributed by atoms with van der Waals surface area (Å²) in [5.41, 5.74) is 5.97. The van der Waals surface area contributed by atoms with Crippen molar-refractivity contribution in [2.75, 3.05) is 5.75 Å². The molecular weight excluding hydrogens is 302 g/mol. The first kappa shape index (κ1) is 16.4. The van der Waals surface area contributed by atoms with Crippen LogP contribution in [-0.2, 0) is 17.8 Å². The molecule has 0 aliphatic heterocycles. The number of para-hydroxylation sites is 1. The second-order valence-electron chi connectivity index (χ2n) is 4.68. The molecule has 1 aromatic heterocycles. The molecule has 2 aromatic rings. The average Bonchev–Trinajstić information content (AvgIpc) is 2.95. The minimum atomic E-state index is -0.401. The predicted octanol–water partition coefficient (Wildman–Crippen LogP) is 2.49. The number of hydrogen-bond acceptors (Lipinski definition) is 6. The zero-order chi connectivity index (χ0) is 15.9. The molecule has 1 unspecified atom stereocenters. The Morgan fingerprint density at radius 1 is 1.45 bits per heavy atom. The van der Waals surface area contributed by atoms with Crippen molar-refractivity contribution in [2.45, 2.75) is 32.1 Å². The van der Waals surface area contributed by atoms with Gasteiger partial charge >= 0.3 is 0 Å². The van der Waals surface area contributed by atoms with Gasteiger partial charge in [0, 0.05) is 5.56 Å². The highest BCUT2D eigenvalue weighted by Crippen LogP contribution is 2.25. The molecular formula is C15H19N3O3S.